The van der Waals surface area contributed by atoms with E-state index in [0.717, 1.165) is 0 Å². The second kappa shape index (κ2) is 15.3. The van der Waals surface area contributed by atoms with Crippen LogP contribution in [0.1, 0.15) is 43.6 Å². The Kier molecular flexibility index (Phi) is 11.0. The number of methoxy groups -OCH3 is 3. The lowest BCUT2D eigenvalue weighted by Crippen LogP contribution is -2.18. The van der Waals surface area contributed by atoms with Crippen molar-refractivity contribution in [3.8, 4) is 28.7 Å². The van der Waals surface area contributed by atoms with Crippen LogP contribution in [0.3, 0.4) is 0 Å². The minimum Gasteiger partial charge on any atom is -0.493 e. The molecule has 2 amide bonds. The van der Waals surface area contributed by atoms with Crippen molar-refractivity contribution in [3.63, 3.8) is 0 Å². The molecule has 0 unspecified atom stereocenters. The first kappa shape index (κ1) is 32.4. The highest BCUT2D eigenvalue weighted by atomic mass is 35.5. The lowest BCUT2D eigenvalue weighted by molar-refractivity contribution is 0.0727. The number of hydrogen-bond acceptors (Lipinski definition) is 9. The number of halogens is 1. The molecule has 11 nitrogen and oxygen atoms in total. The fraction of sp³-hybridized carbons (Fsp3) is 0.152. The number of ether oxygens (including phenoxy) is 5. The number of amides is 2. The van der Waals surface area contributed by atoms with Crippen molar-refractivity contribution in [2.75, 3.05) is 33.3 Å². The molecule has 0 saturated heterocycles. The van der Waals surface area contributed by atoms with Gasteiger partial charge in [-0.05, 0) is 73.2 Å². The minimum absolute atomic E-state index is 0.174. The van der Waals surface area contributed by atoms with Gasteiger partial charge < -0.3 is 29.0 Å². The molecule has 45 heavy (non-hydrogen) atoms. The van der Waals surface area contributed by atoms with Gasteiger partial charge in [-0.2, -0.15) is 5.10 Å². The third kappa shape index (κ3) is 8.09. The molecule has 12 heteroatoms. The quantitative estimate of drug-likeness (QED) is 0.0842. The van der Waals surface area contributed by atoms with E-state index in [-0.39, 0.29) is 22.6 Å². The number of benzene rings is 4. The summed E-state index contributed by atoms with van der Waals surface area (Å²) < 4.78 is 27.2. The molecule has 0 aromatic heterocycles. The van der Waals surface area contributed by atoms with Gasteiger partial charge in [-0.15, -0.1) is 0 Å². The zero-order valence-corrected chi connectivity index (χ0v) is 25.6. The van der Waals surface area contributed by atoms with Gasteiger partial charge in [-0.1, -0.05) is 29.8 Å². The van der Waals surface area contributed by atoms with E-state index in [4.69, 9.17) is 35.3 Å². The van der Waals surface area contributed by atoms with Gasteiger partial charge in [0.05, 0.1) is 50.3 Å². The molecule has 0 heterocycles. The summed E-state index contributed by atoms with van der Waals surface area (Å²) in [5.41, 5.74) is 4.19. The molecular formula is C33H30ClN3O8. The third-order valence-electron chi connectivity index (χ3n) is 6.25. The molecule has 0 aliphatic heterocycles. The van der Waals surface area contributed by atoms with Crippen LogP contribution in [0.5, 0.6) is 28.7 Å². The van der Waals surface area contributed by atoms with Crippen molar-refractivity contribution < 1.29 is 38.1 Å². The predicted octanol–water partition coefficient (Wildman–Crippen LogP) is 6.00. The molecule has 0 radical (unpaired) electrons. The zero-order valence-electron chi connectivity index (χ0n) is 24.9. The highest BCUT2D eigenvalue weighted by Gasteiger charge is 2.20. The van der Waals surface area contributed by atoms with Crippen LogP contribution in [0.4, 0.5) is 5.69 Å². The van der Waals surface area contributed by atoms with Gasteiger partial charge in [0.1, 0.15) is 0 Å². The molecule has 0 atom stereocenters. The van der Waals surface area contributed by atoms with Crippen molar-refractivity contribution in [1.29, 1.82) is 0 Å². The monoisotopic (exact) mass is 631 g/mol. The molecule has 4 rings (SSSR count). The topological polar surface area (TPSA) is 134 Å². The standard InChI is InChI=1S/C33H30ClN3O8/c1-5-44-27-15-20(13-14-26(27)45-33(40)22-17-28(41-2)30(43-4)29(18-22)42-3)19-35-37-31(38)21-9-8-10-23(16-21)36-32(39)24-11-6-7-12-25(24)34/h6-19H,5H2,1-4H3,(H,36,39)(H,37,38). The molecule has 0 saturated carbocycles. The molecule has 4 aromatic rings. The Hall–Kier alpha value is -5.55. The lowest BCUT2D eigenvalue weighted by atomic mass is 10.1. The lowest BCUT2D eigenvalue weighted by Gasteiger charge is -2.15. The minimum atomic E-state index is -0.672. The van der Waals surface area contributed by atoms with Gasteiger partial charge in [0.2, 0.25) is 5.75 Å². The first-order chi connectivity index (χ1) is 21.8. The van der Waals surface area contributed by atoms with Crippen molar-refractivity contribution >= 4 is 41.3 Å². The Morgan fingerprint density at radius 3 is 2.18 bits per heavy atom. The molecule has 4 aromatic carbocycles. The Bertz CT molecular complexity index is 1720. The summed E-state index contributed by atoms with van der Waals surface area (Å²) in [6, 6.07) is 20.8. The van der Waals surface area contributed by atoms with Crippen molar-refractivity contribution in [3.05, 3.63) is 106 Å². The van der Waals surface area contributed by atoms with Crippen LogP contribution in [-0.4, -0.2) is 51.9 Å². The van der Waals surface area contributed by atoms with E-state index in [0.29, 0.717) is 45.7 Å². The van der Waals surface area contributed by atoms with Crippen LogP contribution in [0.15, 0.2) is 84.0 Å². The summed E-state index contributed by atoms with van der Waals surface area (Å²) in [5.74, 6) is -0.167. The van der Waals surface area contributed by atoms with Crippen molar-refractivity contribution in [2.45, 2.75) is 6.92 Å². The second-order valence-corrected chi connectivity index (χ2v) is 9.56. The molecule has 0 aliphatic carbocycles. The molecule has 0 spiro atoms. The number of carbonyl (C=O) groups excluding carboxylic acids is 3. The Balaban J connectivity index is 1.43. The number of hydrogen-bond donors (Lipinski definition) is 2. The van der Waals surface area contributed by atoms with E-state index in [1.54, 1.807) is 67.6 Å². The van der Waals surface area contributed by atoms with Gasteiger partial charge >= 0.3 is 5.97 Å². The van der Waals surface area contributed by atoms with Crippen LogP contribution in [-0.2, 0) is 0 Å². The number of carbonyl (C=O) groups is 3. The summed E-state index contributed by atoms with van der Waals surface area (Å²) in [4.78, 5) is 38.3. The maximum Gasteiger partial charge on any atom is 0.343 e. The van der Waals surface area contributed by atoms with E-state index in [9.17, 15) is 14.4 Å². The summed E-state index contributed by atoms with van der Waals surface area (Å²) in [6.07, 6.45) is 1.41. The van der Waals surface area contributed by atoms with E-state index in [1.807, 2.05) is 0 Å². The number of nitrogens with zero attached hydrogens (tertiary/aromatic N) is 1. The van der Waals surface area contributed by atoms with Crippen LogP contribution in [0.2, 0.25) is 5.02 Å². The van der Waals surface area contributed by atoms with Gasteiger partial charge in [0.15, 0.2) is 23.0 Å². The number of esters is 1. The fourth-order valence-corrected chi connectivity index (χ4v) is 4.35. The van der Waals surface area contributed by atoms with Crippen molar-refractivity contribution in [1.82, 2.24) is 5.43 Å². The Morgan fingerprint density at radius 2 is 1.51 bits per heavy atom. The third-order valence-corrected chi connectivity index (χ3v) is 6.58. The Labute approximate surface area is 264 Å². The highest BCUT2D eigenvalue weighted by Crippen LogP contribution is 2.39. The van der Waals surface area contributed by atoms with Gasteiger partial charge in [0.25, 0.3) is 11.8 Å². The maximum atomic E-state index is 13.0. The second-order valence-electron chi connectivity index (χ2n) is 9.16. The summed E-state index contributed by atoms with van der Waals surface area (Å²) in [5, 5.41) is 7.08. The first-order valence-electron chi connectivity index (χ1n) is 13.6. The average molecular weight is 632 g/mol. The van der Waals surface area contributed by atoms with E-state index < -0.39 is 17.8 Å². The largest absolute Gasteiger partial charge is 0.493 e. The molecule has 232 valence electrons. The van der Waals surface area contributed by atoms with Crippen LogP contribution >= 0.6 is 11.6 Å². The molecule has 2 N–H and O–H groups in total. The fourth-order valence-electron chi connectivity index (χ4n) is 4.13. The van der Waals surface area contributed by atoms with Crippen LogP contribution < -0.4 is 34.4 Å². The van der Waals surface area contributed by atoms with Crippen molar-refractivity contribution in [2.24, 2.45) is 5.10 Å². The smallest absolute Gasteiger partial charge is 0.343 e. The zero-order chi connectivity index (χ0) is 32.3. The maximum absolute atomic E-state index is 13.0. The molecular weight excluding hydrogens is 602 g/mol. The summed E-state index contributed by atoms with van der Waals surface area (Å²) >= 11 is 6.11. The van der Waals surface area contributed by atoms with Crippen LogP contribution in [0.25, 0.3) is 0 Å². The number of rotatable bonds is 12. The normalized spacial score (nSPS) is 10.6. The molecule has 0 bridgehead atoms. The van der Waals surface area contributed by atoms with Gasteiger partial charge in [-0.3, -0.25) is 9.59 Å². The number of hydrazone groups is 1. The Morgan fingerprint density at radius 1 is 0.778 bits per heavy atom. The van der Waals surface area contributed by atoms with E-state index in [1.165, 1.54) is 45.7 Å². The van der Waals surface area contributed by atoms with Gasteiger partial charge in [0, 0.05) is 11.3 Å². The van der Waals surface area contributed by atoms with E-state index >= 15 is 0 Å². The van der Waals surface area contributed by atoms with Gasteiger partial charge in [-0.25, -0.2) is 10.2 Å². The van der Waals surface area contributed by atoms with E-state index in [2.05, 4.69) is 15.8 Å². The molecule has 0 fully saturated rings. The first-order valence-corrected chi connectivity index (χ1v) is 13.9. The summed E-state index contributed by atoms with van der Waals surface area (Å²) in [6.45, 7) is 2.09. The number of nitrogens with one attached hydrogen (secondary N) is 2. The SMILES string of the molecule is CCOc1cc(C=NNC(=O)c2cccc(NC(=O)c3ccccc3Cl)c2)ccc1OC(=O)c1cc(OC)c(OC)c(OC)c1. The summed E-state index contributed by atoms with van der Waals surface area (Å²) in [7, 11) is 4.36. The highest BCUT2D eigenvalue weighted by molar-refractivity contribution is 6.34. The average Bonchev–Trinajstić information content (AvgIpc) is 3.05. The van der Waals surface area contributed by atoms with Crippen LogP contribution in [0, 0.1) is 0 Å². The number of anilines is 1. The predicted molar refractivity (Wildman–Crippen MR) is 170 cm³/mol. The molecule has 0 aliphatic rings.